The standard InChI is InChI=1S/C24H24F2N2O6/c25-24(26)11-20(22(30)31)28(14-24)21(29)13-33-10-9-27-23(32)34-12-19-17-7-3-1-5-15(17)16-6-2-4-8-18(16)19/h1-8,19-20H,9-14H2,(H,27,32)(H,30,31)/t20-/m1/s1. The number of ether oxygens (including phenoxy) is 2. The van der Waals surface area contributed by atoms with Crippen molar-refractivity contribution in [2.75, 3.05) is 32.9 Å². The topological polar surface area (TPSA) is 105 Å². The Labute approximate surface area is 194 Å². The second-order valence-corrected chi connectivity index (χ2v) is 8.24. The highest BCUT2D eigenvalue weighted by Crippen LogP contribution is 2.44. The fraction of sp³-hybridized carbons (Fsp3) is 0.375. The van der Waals surface area contributed by atoms with Crippen molar-refractivity contribution in [1.82, 2.24) is 10.2 Å². The van der Waals surface area contributed by atoms with Gasteiger partial charge in [-0.05, 0) is 22.3 Å². The number of carbonyl (C=O) groups is 3. The van der Waals surface area contributed by atoms with Crippen molar-refractivity contribution in [3.05, 3.63) is 59.7 Å². The summed E-state index contributed by atoms with van der Waals surface area (Å²) in [5.74, 6) is -5.65. The molecule has 180 valence electrons. The number of carboxylic acid groups (broad SMARTS) is 1. The molecule has 0 bridgehead atoms. The summed E-state index contributed by atoms with van der Waals surface area (Å²) in [7, 11) is 0. The summed E-state index contributed by atoms with van der Waals surface area (Å²) in [5, 5.41) is 11.6. The first-order valence-electron chi connectivity index (χ1n) is 10.8. The van der Waals surface area contributed by atoms with Gasteiger partial charge >= 0.3 is 12.1 Å². The van der Waals surface area contributed by atoms with Crippen molar-refractivity contribution in [1.29, 1.82) is 0 Å². The maximum Gasteiger partial charge on any atom is 0.407 e. The van der Waals surface area contributed by atoms with E-state index in [1.807, 2.05) is 48.5 Å². The van der Waals surface area contributed by atoms with Crippen LogP contribution in [0.1, 0.15) is 23.5 Å². The molecule has 2 aromatic carbocycles. The number of hydrogen-bond donors (Lipinski definition) is 2. The minimum Gasteiger partial charge on any atom is -0.480 e. The number of carboxylic acids is 1. The number of hydrogen-bond acceptors (Lipinski definition) is 5. The molecule has 1 fully saturated rings. The molecular formula is C24H24F2N2O6. The van der Waals surface area contributed by atoms with E-state index in [0.717, 1.165) is 22.3 Å². The van der Waals surface area contributed by atoms with Crippen LogP contribution >= 0.6 is 0 Å². The maximum absolute atomic E-state index is 13.5. The lowest BCUT2D eigenvalue weighted by Crippen LogP contribution is -2.43. The monoisotopic (exact) mass is 474 g/mol. The smallest absolute Gasteiger partial charge is 0.407 e. The highest BCUT2D eigenvalue weighted by atomic mass is 19.3. The van der Waals surface area contributed by atoms with E-state index in [-0.39, 0.29) is 25.7 Å². The molecule has 2 aromatic rings. The third kappa shape index (κ3) is 5.01. The van der Waals surface area contributed by atoms with E-state index < -0.39 is 49.5 Å². The van der Waals surface area contributed by atoms with Crippen molar-refractivity contribution in [2.24, 2.45) is 0 Å². The largest absolute Gasteiger partial charge is 0.480 e. The van der Waals surface area contributed by atoms with Gasteiger partial charge in [0.25, 0.3) is 5.92 Å². The fourth-order valence-corrected chi connectivity index (χ4v) is 4.42. The molecular weight excluding hydrogens is 450 g/mol. The predicted octanol–water partition coefficient (Wildman–Crippen LogP) is 2.86. The van der Waals surface area contributed by atoms with Crippen LogP contribution in [-0.4, -0.2) is 72.9 Å². The minimum absolute atomic E-state index is 0.0302. The summed E-state index contributed by atoms with van der Waals surface area (Å²) < 4.78 is 37.5. The Morgan fingerprint density at radius 1 is 1.06 bits per heavy atom. The normalized spacial score (nSPS) is 18.3. The quantitative estimate of drug-likeness (QED) is 0.570. The molecule has 0 unspecified atom stereocenters. The summed E-state index contributed by atoms with van der Waals surface area (Å²) in [5.41, 5.74) is 4.41. The third-order valence-electron chi connectivity index (χ3n) is 5.96. The molecule has 1 heterocycles. The number of nitrogens with zero attached hydrogens (tertiary/aromatic N) is 1. The molecule has 1 aliphatic heterocycles. The third-order valence-corrected chi connectivity index (χ3v) is 5.96. The van der Waals surface area contributed by atoms with Gasteiger partial charge in [-0.25, -0.2) is 18.4 Å². The van der Waals surface area contributed by atoms with Gasteiger partial charge in [0.2, 0.25) is 5.91 Å². The number of amides is 2. The van der Waals surface area contributed by atoms with Crippen LogP contribution in [0, 0.1) is 0 Å². The minimum atomic E-state index is -3.25. The number of benzene rings is 2. The van der Waals surface area contributed by atoms with Gasteiger partial charge < -0.3 is 24.8 Å². The van der Waals surface area contributed by atoms with Crippen LogP contribution in [0.5, 0.6) is 0 Å². The van der Waals surface area contributed by atoms with E-state index in [9.17, 15) is 23.2 Å². The van der Waals surface area contributed by atoms with E-state index in [2.05, 4.69) is 5.32 Å². The Morgan fingerprint density at radius 3 is 2.29 bits per heavy atom. The van der Waals surface area contributed by atoms with Crippen LogP contribution < -0.4 is 5.32 Å². The van der Waals surface area contributed by atoms with E-state index in [1.165, 1.54) is 0 Å². The van der Waals surface area contributed by atoms with Crippen LogP contribution in [0.15, 0.2) is 48.5 Å². The summed E-state index contributed by atoms with van der Waals surface area (Å²) in [6.07, 6.45) is -1.57. The number of aliphatic carboxylic acids is 1. The molecule has 1 aliphatic carbocycles. The molecule has 0 aromatic heterocycles. The van der Waals surface area contributed by atoms with Gasteiger partial charge in [0.15, 0.2) is 0 Å². The van der Waals surface area contributed by atoms with Gasteiger partial charge in [0.1, 0.15) is 19.3 Å². The summed E-state index contributed by atoms with van der Waals surface area (Å²) in [6.45, 7) is -1.41. The number of nitrogens with one attached hydrogen (secondary N) is 1. The molecule has 0 saturated carbocycles. The Hall–Kier alpha value is -3.53. The first-order chi connectivity index (χ1) is 16.3. The Bertz CT molecular complexity index is 1050. The predicted molar refractivity (Wildman–Crippen MR) is 117 cm³/mol. The van der Waals surface area contributed by atoms with Crippen LogP contribution in [0.25, 0.3) is 11.1 Å². The first kappa shape index (κ1) is 23.6. The van der Waals surface area contributed by atoms with Gasteiger partial charge in [0.05, 0.1) is 13.2 Å². The van der Waals surface area contributed by atoms with Crippen LogP contribution in [-0.2, 0) is 19.1 Å². The maximum atomic E-state index is 13.5. The Kier molecular flexibility index (Phi) is 6.78. The van der Waals surface area contributed by atoms with E-state index >= 15 is 0 Å². The zero-order valence-corrected chi connectivity index (χ0v) is 18.2. The summed E-state index contributed by atoms with van der Waals surface area (Å²) in [6, 6.07) is 14.3. The highest BCUT2D eigenvalue weighted by molar-refractivity contribution is 5.85. The average molecular weight is 474 g/mol. The molecule has 0 spiro atoms. The number of rotatable bonds is 8. The summed E-state index contributed by atoms with van der Waals surface area (Å²) >= 11 is 0. The fourth-order valence-electron chi connectivity index (χ4n) is 4.42. The highest BCUT2D eigenvalue weighted by Gasteiger charge is 2.50. The number of halogens is 2. The van der Waals surface area contributed by atoms with Crippen molar-refractivity contribution in [3.63, 3.8) is 0 Å². The van der Waals surface area contributed by atoms with E-state index in [0.29, 0.717) is 4.90 Å². The van der Waals surface area contributed by atoms with Gasteiger partial charge in [-0.3, -0.25) is 4.79 Å². The second kappa shape index (κ2) is 9.76. The van der Waals surface area contributed by atoms with Gasteiger partial charge in [-0.2, -0.15) is 0 Å². The number of alkyl halides is 2. The molecule has 10 heteroatoms. The van der Waals surface area contributed by atoms with E-state index in [1.54, 1.807) is 0 Å². The van der Waals surface area contributed by atoms with Gasteiger partial charge in [0, 0.05) is 18.9 Å². The average Bonchev–Trinajstić information content (AvgIpc) is 3.32. The second-order valence-electron chi connectivity index (χ2n) is 8.24. The first-order valence-corrected chi connectivity index (χ1v) is 10.8. The van der Waals surface area contributed by atoms with Crippen LogP contribution in [0.4, 0.5) is 13.6 Å². The van der Waals surface area contributed by atoms with Crippen molar-refractivity contribution < 1.29 is 37.7 Å². The lowest BCUT2D eigenvalue weighted by Gasteiger charge is -2.20. The number of fused-ring (bicyclic) bond motifs is 3. The van der Waals surface area contributed by atoms with Crippen LogP contribution in [0.2, 0.25) is 0 Å². The lowest BCUT2D eigenvalue weighted by molar-refractivity contribution is -0.150. The Morgan fingerprint density at radius 2 is 1.68 bits per heavy atom. The molecule has 0 radical (unpaired) electrons. The van der Waals surface area contributed by atoms with Crippen molar-refractivity contribution in [2.45, 2.75) is 24.3 Å². The lowest BCUT2D eigenvalue weighted by atomic mass is 9.98. The SMILES string of the molecule is O=C(NCCOCC(=O)N1CC(F)(F)C[C@@H]1C(=O)O)OCC1c2ccccc2-c2ccccc21. The van der Waals surface area contributed by atoms with E-state index in [4.69, 9.17) is 14.6 Å². The summed E-state index contributed by atoms with van der Waals surface area (Å²) in [4.78, 5) is 35.9. The molecule has 8 nitrogen and oxygen atoms in total. The molecule has 2 aliphatic rings. The number of likely N-dealkylation sites (tertiary alicyclic amines) is 1. The molecule has 34 heavy (non-hydrogen) atoms. The van der Waals surface area contributed by atoms with Crippen LogP contribution in [0.3, 0.4) is 0 Å². The van der Waals surface area contributed by atoms with Gasteiger partial charge in [-0.1, -0.05) is 48.5 Å². The van der Waals surface area contributed by atoms with Crippen molar-refractivity contribution in [3.8, 4) is 11.1 Å². The molecule has 2 N–H and O–H groups in total. The molecule has 1 atom stereocenters. The number of carbonyl (C=O) groups excluding carboxylic acids is 2. The molecule has 1 saturated heterocycles. The van der Waals surface area contributed by atoms with Gasteiger partial charge in [-0.15, -0.1) is 0 Å². The zero-order chi connectivity index (χ0) is 24.3. The Balaban J connectivity index is 1.19. The zero-order valence-electron chi connectivity index (χ0n) is 18.2. The number of alkyl carbamates (subject to hydrolysis) is 1. The molecule has 2 amide bonds. The molecule has 4 rings (SSSR count). The van der Waals surface area contributed by atoms with Crippen molar-refractivity contribution >= 4 is 18.0 Å².